The third kappa shape index (κ3) is 2.62. The minimum atomic E-state index is -0.281. The average Bonchev–Trinajstić information content (AvgIpc) is 2.77. The van der Waals surface area contributed by atoms with Crippen LogP contribution in [0.1, 0.15) is 21.6 Å². The van der Waals surface area contributed by atoms with E-state index in [2.05, 4.69) is 11.0 Å². The van der Waals surface area contributed by atoms with E-state index in [9.17, 15) is 4.39 Å². The fourth-order valence-corrected chi connectivity index (χ4v) is 3.98. The predicted octanol–water partition coefficient (Wildman–Crippen LogP) is 3.55. The molecule has 0 radical (unpaired) electrons. The fraction of sp³-hybridized carbons (Fsp3) is 0.267. The molecule has 0 unspecified atom stereocenters. The van der Waals surface area contributed by atoms with Gasteiger partial charge in [-0.25, -0.2) is 4.39 Å². The summed E-state index contributed by atoms with van der Waals surface area (Å²) >= 11 is 7.52. The van der Waals surface area contributed by atoms with E-state index in [1.807, 2.05) is 0 Å². The lowest BCUT2D eigenvalue weighted by atomic mass is 10.0. The van der Waals surface area contributed by atoms with Crippen LogP contribution in [0.2, 0.25) is 5.02 Å². The number of halogens is 2. The lowest BCUT2D eigenvalue weighted by Gasteiger charge is -2.27. The minimum absolute atomic E-state index is 0.281. The maximum atomic E-state index is 13.9. The van der Waals surface area contributed by atoms with Crippen LogP contribution in [0, 0.1) is 17.1 Å². The van der Waals surface area contributed by atoms with Crippen LogP contribution in [0.25, 0.3) is 0 Å². The molecule has 6 heteroatoms. The molecule has 1 aliphatic heterocycles. The Hall–Kier alpha value is -1.61. The summed E-state index contributed by atoms with van der Waals surface area (Å²) in [5.74, 6) is -0.281. The van der Waals surface area contributed by atoms with E-state index in [1.165, 1.54) is 17.4 Å². The molecule has 0 amide bonds. The molecule has 21 heavy (non-hydrogen) atoms. The summed E-state index contributed by atoms with van der Waals surface area (Å²) in [6.45, 7) is 1.91. The number of nitrogens with two attached hydrogens (primary N) is 1. The molecule has 3 nitrogen and oxygen atoms in total. The minimum Gasteiger partial charge on any atom is -0.389 e. The van der Waals surface area contributed by atoms with Gasteiger partial charge in [-0.15, -0.1) is 11.3 Å². The van der Waals surface area contributed by atoms with Crippen LogP contribution in [0.15, 0.2) is 18.2 Å². The third-order valence-electron chi connectivity index (χ3n) is 3.72. The van der Waals surface area contributed by atoms with Gasteiger partial charge in [-0.1, -0.05) is 17.7 Å². The largest absolute Gasteiger partial charge is 0.389 e. The van der Waals surface area contributed by atoms with Crippen LogP contribution in [0.3, 0.4) is 0 Å². The highest BCUT2D eigenvalue weighted by Gasteiger charge is 2.24. The van der Waals surface area contributed by atoms with Crippen molar-refractivity contribution in [3.8, 4) is 6.07 Å². The van der Waals surface area contributed by atoms with Crippen LogP contribution in [-0.2, 0) is 19.5 Å². The van der Waals surface area contributed by atoms with Crippen molar-refractivity contribution in [3.05, 3.63) is 50.6 Å². The number of anilines is 1. The van der Waals surface area contributed by atoms with E-state index in [0.717, 1.165) is 23.4 Å². The van der Waals surface area contributed by atoms with Gasteiger partial charge in [-0.2, -0.15) is 5.26 Å². The summed E-state index contributed by atoms with van der Waals surface area (Å²) in [5, 5.41) is 10.2. The van der Waals surface area contributed by atoms with E-state index in [4.69, 9.17) is 22.6 Å². The zero-order valence-corrected chi connectivity index (χ0v) is 12.8. The van der Waals surface area contributed by atoms with Crippen molar-refractivity contribution in [2.24, 2.45) is 0 Å². The molecule has 0 saturated heterocycles. The number of benzene rings is 1. The number of nitrogen functional groups attached to an aromatic ring is 1. The first-order valence-electron chi connectivity index (χ1n) is 6.55. The van der Waals surface area contributed by atoms with Gasteiger partial charge in [0.05, 0.1) is 5.56 Å². The Morgan fingerprint density at radius 3 is 3.00 bits per heavy atom. The molecule has 0 bridgehead atoms. The average molecular weight is 322 g/mol. The molecule has 3 rings (SSSR count). The summed E-state index contributed by atoms with van der Waals surface area (Å²) < 4.78 is 13.9. The van der Waals surface area contributed by atoms with Crippen molar-refractivity contribution in [1.82, 2.24) is 4.90 Å². The second kappa shape index (κ2) is 5.64. The molecule has 0 atom stereocenters. The van der Waals surface area contributed by atoms with Crippen LogP contribution < -0.4 is 5.73 Å². The molecule has 1 aromatic carbocycles. The van der Waals surface area contributed by atoms with Gasteiger partial charge in [0, 0.05) is 35.1 Å². The second-order valence-electron chi connectivity index (χ2n) is 5.02. The van der Waals surface area contributed by atoms with E-state index in [1.54, 1.807) is 12.1 Å². The topological polar surface area (TPSA) is 53.1 Å². The number of nitriles is 1. The summed E-state index contributed by atoms with van der Waals surface area (Å²) in [7, 11) is 0. The summed E-state index contributed by atoms with van der Waals surface area (Å²) in [6, 6.07) is 6.90. The maximum absolute atomic E-state index is 13.9. The zero-order chi connectivity index (χ0) is 15.0. The Bertz CT molecular complexity index is 715. The number of nitrogens with zero attached hydrogens (tertiary/aromatic N) is 2. The number of fused-ring (bicyclic) bond motifs is 1. The Labute approximate surface area is 131 Å². The van der Waals surface area contributed by atoms with Gasteiger partial charge in [0.15, 0.2) is 0 Å². The van der Waals surface area contributed by atoms with E-state index in [-0.39, 0.29) is 5.82 Å². The normalized spacial score (nSPS) is 14.7. The van der Waals surface area contributed by atoms with Crippen LogP contribution >= 0.6 is 22.9 Å². The molecule has 108 valence electrons. The Kier molecular flexibility index (Phi) is 3.85. The third-order valence-corrected chi connectivity index (χ3v) is 5.12. The molecule has 2 N–H and O–H groups in total. The van der Waals surface area contributed by atoms with Crippen LogP contribution in [-0.4, -0.2) is 11.4 Å². The smallest absolute Gasteiger partial charge is 0.129 e. The molecule has 0 spiro atoms. The SMILES string of the molecule is N#Cc1c(N)sc2c1CCN(Cc1c(F)cccc1Cl)C2. The van der Waals surface area contributed by atoms with Gasteiger partial charge in [0.1, 0.15) is 16.9 Å². The number of rotatable bonds is 2. The first-order valence-corrected chi connectivity index (χ1v) is 7.75. The van der Waals surface area contributed by atoms with Gasteiger partial charge in [-0.05, 0) is 24.1 Å². The molecule has 0 aliphatic carbocycles. The highest BCUT2D eigenvalue weighted by Crippen LogP contribution is 2.35. The molecule has 2 heterocycles. The van der Waals surface area contributed by atoms with Gasteiger partial charge in [0.2, 0.25) is 0 Å². The Balaban J connectivity index is 1.83. The Morgan fingerprint density at radius 1 is 1.48 bits per heavy atom. The molecule has 0 saturated carbocycles. The summed E-state index contributed by atoms with van der Waals surface area (Å²) in [5.41, 5.74) is 8.06. The second-order valence-corrected chi connectivity index (χ2v) is 6.56. The first-order chi connectivity index (χ1) is 10.1. The van der Waals surface area contributed by atoms with Crippen LogP contribution in [0.4, 0.5) is 9.39 Å². The lowest BCUT2D eigenvalue weighted by molar-refractivity contribution is 0.245. The zero-order valence-electron chi connectivity index (χ0n) is 11.2. The summed E-state index contributed by atoms with van der Waals surface area (Å²) in [6.07, 6.45) is 0.762. The Morgan fingerprint density at radius 2 is 2.29 bits per heavy atom. The fourth-order valence-electron chi connectivity index (χ4n) is 2.64. The number of thiophene rings is 1. The first kappa shape index (κ1) is 14.3. The number of hydrogen-bond acceptors (Lipinski definition) is 4. The standard InChI is InChI=1S/C15H13ClFN3S/c16-12-2-1-3-13(17)11(12)7-20-5-4-9-10(6-18)15(19)21-14(9)8-20/h1-3H,4-5,7-8,19H2. The maximum Gasteiger partial charge on any atom is 0.129 e. The van der Waals surface area contributed by atoms with E-state index < -0.39 is 0 Å². The van der Waals surface area contributed by atoms with Crippen molar-refractivity contribution in [2.45, 2.75) is 19.5 Å². The summed E-state index contributed by atoms with van der Waals surface area (Å²) in [4.78, 5) is 3.23. The molecular formula is C15H13ClFN3S. The lowest BCUT2D eigenvalue weighted by Crippen LogP contribution is -2.29. The highest BCUT2D eigenvalue weighted by molar-refractivity contribution is 7.16. The quantitative estimate of drug-likeness (QED) is 0.920. The van der Waals surface area contributed by atoms with Crippen LogP contribution in [0.5, 0.6) is 0 Å². The van der Waals surface area contributed by atoms with Crippen molar-refractivity contribution >= 4 is 27.9 Å². The van der Waals surface area contributed by atoms with E-state index in [0.29, 0.717) is 34.2 Å². The van der Waals surface area contributed by atoms with Gasteiger partial charge >= 0.3 is 0 Å². The highest BCUT2D eigenvalue weighted by atomic mass is 35.5. The number of hydrogen-bond donors (Lipinski definition) is 1. The molecule has 1 aromatic heterocycles. The van der Waals surface area contributed by atoms with Crippen molar-refractivity contribution in [3.63, 3.8) is 0 Å². The van der Waals surface area contributed by atoms with Crippen molar-refractivity contribution in [1.29, 1.82) is 5.26 Å². The molecule has 0 fully saturated rings. The van der Waals surface area contributed by atoms with Gasteiger partial charge < -0.3 is 5.73 Å². The molecular weight excluding hydrogens is 309 g/mol. The van der Waals surface area contributed by atoms with Crippen molar-refractivity contribution < 1.29 is 4.39 Å². The van der Waals surface area contributed by atoms with Crippen molar-refractivity contribution in [2.75, 3.05) is 12.3 Å². The van der Waals surface area contributed by atoms with Gasteiger partial charge in [0.25, 0.3) is 0 Å². The van der Waals surface area contributed by atoms with Gasteiger partial charge in [-0.3, -0.25) is 4.90 Å². The monoisotopic (exact) mass is 321 g/mol. The van der Waals surface area contributed by atoms with E-state index >= 15 is 0 Å². The molecule has 2 aromatic rings. The molecule has 1 aliphatic rings. The predicted molar refractivity (Wildman–Crippen MR) is 82.7 cm³/mol.